The molecule has 5 rings (SSSR count). The lowest BCUT2D eigenvalue weighted by Crippen LogP contribution is -2.53. The SMILES string of the molecule is C=C(c1ccc(N)cc1)N1CCN(C(=O)c2cnn3c(C(F)(F)F)c(C)c(-c4ccc(OC)cc4)nc23)[C@H](C)C1. The molecular formula is C29H29F3N6O2. The number of rotatable bonds is 5. The molecule has 2 aromatic heterocycles. The molecule has 2 N–H and O–H groups in total. The van der Waals surface area contributed by atoms with Gasteiger partial charge in [0.25, 0.3) is 5.91 Å². The number of anilines is 1. The minimum atomic E-state index is -4.72. The zero-order chi connectivity index (χ0) is 28.8. The van der Waals surface area contributed by atoms with Gasteiger partial charge in [0, 0.05) is 48.2 Å². The topological polar surface area (TPSA) is 89.0 Å². The number of amides is 1. The fourth-order valence-electron chi connectivity index (χ4n) is 5.10. The molecule has 11 heteroatoms. The van der Waals surface area contributed by atoms with Crippen molar-refractivity contribution in [1.82, 2.24) is 24.4 Å². The van der Waals surface area contributed by atoms with Gasteiger partial charge in [-0.25, -0.2) is 9.50 Å². The molecule has 0 saturated carbocycles. The summed E-state index contributed by atoms with van der Waals surface area (Å²) >= 11 is 0. The van der Waals surface area contributed by atoms with Crippen molar-refractivity contribution < 1.29 is 22.7 Å². The summed E-state index contributed by atoms with van der Waals surface area (Å²) in [5, 5.41) is 3.97. The number of hydrogen-bond donors (Lipinski definition) is 1. The molecule has 1 aliphatic heterocycles. The molecule has 1 atom stereocenters. The first-order valence-electron chi connectivity index (χ1n) is 12.7. The van der Waals surface area contributed by atoms with E-state index in [1.54, 1.807) is 41.3 Å². The molecular weight excluding hydrogens is 521 g/mol. The maximum atomic E-state index is 14.3. The number of halogens is 3. The minimum absolute atomic E-state index is 0.0120. The largest absolute Gasteiger partial charge is 0.497 e. The Kier molecular flexibility index (Phi) is 6.91. The van der Waals surface area contributed by atoms with Crippen LogP contribution in [0.15, 0.2) is 61.3 Å². The summed E-state index contributed by atoms with van der Waals surface area (Å²) in [6.07, 6.45) is -3.55. The summed E-state index contributed by atoms with van der Waals surface area (Å²) in [6.45, 7) is 8.83. The highest BCUT2D eigenvalue weighted by molar-refractivity contribution is 6.00. The van der Waals surface area contributed by atoms with Gasteiger partial charge in [-0.15, -0.1) is 0 Å². The molecule has 0 unspecified atom stereocenters. The Morgan fingerprint density at radius 1 is 1.10 bits per heavy atom. The average molecular weight is 551 g/mol. The van der Waals surface area contributed by atoms with E-state index in [0.717, 1.165) is 15.8 Å². The zero-order valence-corrected chi connectivity index (χ0v) is 22.4. The standard InChI is InChI=1S/C29H29F3N6O2/c1-17-16-36(19(3)20-5-9-22(33)10-6-20)13-14-37(17)28(39)24-15-34-38-26(29(30,31)32)18(2)25(35-27(24)38)21-7-11-23(40-4)12-8-21/h5-12,15,17H,3,13-14,16,33H2,1-2,4H3/t17-/m1/s1. The second kappa shape index (κ2) is 10.2. The van der Waals surface area contributed by atoms with Gasteiger partial charge in [0.15, 0.2) is 11.3 Å². The Labute approximate surface area is 229 Å². The Balaban J connectivity index is 1.48. The predicted octanol–water partition coefficient (Wildman–Crippen LogP) is 5.13. The predicted molar refractivity (Wildman–Crippen MR) is 147 cm³/mol. The molecule has 0 spiro atoms. The van der Waals surface area contributed by atoms with Crippen molar-refractivity contribution in [3.63, 3.8) is 0 Å². The van der Waals surface area contributed by atoms with Crippen LogP contribution in [0.4, 0.5) is 18.9 Å². The zero-order valence-electron chi connectivity index (χ0n) is 22.4. The van der Waals surface area contributed by atoms with E-state index in [9.17, 15) is 18.0 Å². The maximum absolute atomic E-state index is 14.3. The fourth-order valence-corrected chi connectivity index (χ4v) is 5.10. The molecule has 8 nitrogen and oxygen atoms in total. The van der Waals surface area contributed by atoms with Gasteiger partial charge >= 0.3 is 6.18 Å². The number of carbonyl (C=O) groups excluding carboxylic acids is 1. The van der Waals surface area contributed by atoms with Crippen molar-refractivity contribution in [3.05, 3.63) is 83.7 Å². The number of piperazine rings is 1. The summed E-state index contributed by atoms with van der Waals surface area (Å²) in [5.74, 6) is 0.136. The Morgan fingerprint density at radius 2 is 1.77 bits per heavy atom. The average Bonchev–Trinajstić information content (AvgIpc) is 3.34. The maximum Gasteiger partial charge on any atom is 0.433 e. The lowest BCUT2D eigenvalue weighted by atomic mass is 10.0. The first-order chi connectivity index (χ1) is 19.0. The highest BCUT2D eigenvalue weighted by Crippen LogP contribution is 2.37. The highest BCUT2D eigenvalue weighted by Gasteiger charge is 2.39. The van der Waals surface area contributed by atoms with Crippen molar-refractivity contribution in [2.75, 3.05) is 32.5 Å². The van der Waals surface area contributed by atoms with Crippen LogP contribution in [0.2, 0.25) is 0 Å². The van der Waals surface area contributed by atoms with Crippen LogP contribution in [0.5, 0.6) is 5.75 Å². The molecule has 1 amide bonds. The first kappa shape index (κ1) is 27.0. The summed E-state index contributed by atoms with van der Waals surface area (Å²) in [6, 6.07) is 13.7. The summed E-state index contributed by atoms with van der Waals surface area (Å²) in [7, 11) is 1.51. The number of carbonyl (C=O) groups is 1. The number of fused-ring (bicyclic) bond motifs is 1. The van der Waals surface area contributed by atoms with Crippen LogP contribution in [0.1, 0.15) is 34.1 Å². The van der Waals surface area contributed by atoms with E-state index in [2.05, 4.69) is 21.6 Å². The van der Waals surface area contributed by atoms with Crippen LogP contribution in [0.3, 0.4) is 0 Å². The Morgan fingerprint density at radius 3 is 2.38 bits per heavy atom. The quantitative estimate of drug-likeness (QED) is 0.347. The number of nitrogens with zero attached hydrogens (tertiary/aromatic N) is 5. The van der Waals surface area contributed by atoms with Gasteiger partial charge in [0.05, 0.1) is 19.0 Å². The van der Waals surface area contributed by atoms with Crippen LogP contribution >= 0.6 is 0 Å². The van der Waals surface area contributed by atoms with Gasteiger partial charge in [0.2, 0.25) is 0 Å². The molecule has 2 aromatic carbocycles. The van der Waals surface area contributed by atoms with Gasteiger partial charge in [0.1, 0.15) is 11.3 Å². The van der Waals surface area contributed by atoms with Gasteiger partial charge in [-0.05, 0) is 55.8 Å². The molecule has 1 fully saturated rings. The third kappa shape index (κ3) is 4.83. The van der Waals surface area contributed by atoms with E-state index in [1.165, 1.54) is 20.2 Å². The molecule has 1 saturated heterocycles. The monoisotopic (exact) mass is 550 g/mol. The number of methoxy groups -OCH3 is 1. The van der Waals surface area contributed by atoms with Crippen LogP contribution in [-0.2, 0) is 6.18 Å². The third-order valence-corrected chi connectivity index (χ3v) is 7.26. The first-order valence-corrected chi connectivity index (χ1v) is 12.7. The van der Waals surface area contributed by atoms with E-state index in [1.807, 2.05) is 19.1 Å². The lowest BCUT2D eigenvalue weighted by Gasteiger charge is -2.41. The molecule has 40 heavy (non-hydrogen) atoms. The molecule has 3 heterocycles. The van der Waals surface area contributed by atoms with Crippen molar-refractivity contribution >= 4 is 22.9 Å². The van der Waals surface area contributed by atoms with Crippen molar-refractivity contribution in [3.8, 4) is 17.0 Å². The highest BCUT2D eigenvalue weighted by atomic mass is 19.4. The van der Waals surface area contributed by atoms with Crippen LogP contribution in [0.25, 0.3) is 22.6 Å². The van der Waals surface area contributed by atoms with E-state index in [0.29, 0.717) is 36.6 Å². The van der Waals surface area contributed by atoms with E-state index >= 15 is 0 Å². The number of hydrogen-bond acceptors (Lipinski definition) is 6. The molecule has 0 radical (unpaired) electrons. The van der Waals surface area contributed by atoms with Crippen molar-refractivity contribution in [2.45, 2.75) is 26.1 Å². The number of aromatic nitrogens is 3. The van der Waals surface area contributed by atoms with Crippen molar-refractivity contribution in [2.24, 2.45) is 0 Å². The number of benzene rings is 2. The third-order valence-electron chi connectivity index (χ3n) is 7.26. The summed E-state index contributed by atoms with van der Waals surface area (Å²) < 4.78 is 48.7. The second-order valence-electron chi connectivity index (χ2n) is 9.82. The lowest BCUT2D eigenvalue weighted by molar-refractivity contribution is -0.143. The second-order valence-corrected chi connectivity index (χ2v) is 9.82. The number of alkyl halides is 3. The van der Waals surface area contributed by atoms with Gasteiger partial charge in [-0.1, -0.05) is 18.7 Å². The van der Waals surface area contributed by atoms with Gasteiger partial charge in [-0.2, -0.15) is 18.3 Å². The van der Waals surface area contributed by atoms with Crippen LogP contribution < -0.4 is 10.5 Å². The van der Waals surface area contributed by atoms with Crippen LogP contribution in [-0.4, -0.2) is 63.1 Å². The van der Waals surface area contributed by atoms with E-state index < -0.39 is 17.8 Å². The molecule has 208 valence electrons. The molecule has 4 aromatic rings. The number of ether oxygens (including phenoxy) is 1. The van der Waals surface area contributed by atoms with Crippen molar-refractivity contribution in [1.29, 1.82) is 0 Å². The van der Waals surface area contributed by atoms with Gasteiger partial charge in [-0.3, -0.25) is 4.79 Å². The smallest absolute Gasteiger partial charge is 0.433 e. The molecule has 0 aliphatic carbocycles. The number of nitrogen functional groups attached to an aromatic ring is 1. The summed E-state index contributed by atoms with van der Waals surface area (Å²) in [4.78, 5) is 22.0. The summed E-state index contributed by atoms with van der Waals surface area (Å²) in [5.41, 5.74) is 7.58. The normalized spacial score (nSPS) is 15.9. The van der Waals surface area contributed by atoms with Crippen LogP contribution in [0, 0.1) is 6.92 Å². The molecule has 0 bridgehead atoms. The number of nitrogens with two attached hydrogens (primary N) is 1. The van der Waals surface area contributed by atoms with E-state index in [-0.39, 0.29) is 28.5 Å². The molecule has 1 aliphatic rings. The minimum Gasteiger partial charge on any atom is -0.497 e. The Hall–Kier alpha value is -4.54. The van der Waals surface area contributed by atoms with Gasteiger partial charge < -0.3 is 20.3 Å². The fraction of sp³-hybridized carbons (Fsp3) is 0.276. The Bertz CT molecular complexity index is 1580. The van der Waals surface area contributed by atoms with E-state index in [4.69, 9.17) is 10.5 Å².